The Morgan fingerprint density at radius 2 is 2.06 bits per heavy atom. The number of ether oxygens (including phenoxy) is 2. The summed E-state index contributed by atoms with van der Waals surface area (Å²) in [5.74, 6) is 0.0503. The minimum Gasteiger partial charge on any atom is -0.381 e. The summed E-state index contributed by atoms with van der Waals surface area (Å²) in [4.78, 5) is 0. The summed E-state index contributed by atoms with van der Waals surface area (Å²) >= 11 is 0. The van der Waals surface area contributed by atoms with Crippen LogP contribution in [0.1, 0.15) is 45.4 Å². The topological polar surface area (TPSA) is 44.5 Å². The molecule has 2 heterocycles. The average Bonchev–Trinajstić information content (AvgIpc) is 2.40. The summed E-state index contributed by atoms with van der Waals surface area (Å²) in [6, 6.07) is 0. The van der Waals surface area contributed by atoms with E-state index in [0.717, 1.165) is 45.3 Å². The van der Waals surface area contributed by atoms with Crippen LogP contribution in [-0.4, -0.2) is 37.6 Å². The van der Waals surface area contributed by atoms with Gasteiger partial charge in [0.1, 0.15) is 5.67 Å². The molecule has 106 valence electrons. The zero-order valence-electron chi connectivity index (χ0n) is 11.4. The van der Waals surface area contributed by atoms with Crippen molar-refractivity contribution in [3.8, 4) is 0 Å². The first-order chi connectivity index (χ1) is 8.64. The number of alkyl halides is 1. The Kier molecular flexibility index (Phi) is 4.62. The highest BCUT2D eigenvalue weighted by atomic mass is 19.1. The van der Waals surface area contributed by atoms with Crippen molar-refractivity contribution < 1.29 is 13.9 Å². The van der Waals surface area contributed by atoms with Crippen molar-refractivity contribution in [3.05, 3.63) is 0 Å². The predicted molar refractivity (Wildman–Crippen MR) is 69.3 cm³/mol. The maximum atomic E-state index is 14.9. The first-order valence-corrected chi connectivity index (χ1v) is 7.25. The Bertz CT molecular complexity index is 263. The molecule has 3 nitrogen and oxygen atoms in total. The normalized spacial score (nSPS) is 31.2. The van der Waals surface area contributed by atoms with E-state index in [1.54, 1.807) is 0 Å². The third-order valence-electron chi connectivity index (χ3n) is 4.63. The van der Waals surface area contributed by atoms with Gasteiger partial charge in [-0.1, -0.05) is 13.3 Å². The molecule has 2 rings (SSSR count). The second-order valence-corrected chi connectivity index (χ2v) is 5.82. The number of nitrogens with two attached hydrogens (primary N) is 1. The van der Waals surface area contributed by atoms with Gasteiger partial charge in [-0.05, 0) is 38.0 Å². The van der Waals surface area contributed by atoms with E-state index in [4.69, 9.17) is 15.2 Å². The Labute approximate surface area is 109 Å². The minimum absolute atomic E-state index is 0.0503. The summed E-state index contributed by atoms with van der Waals surface area (Å²) in [5, 5.41) is 0. The minimum atomic E-state index is -1.20. The van der Waals surface area contributed by atoms with Crippen molar-refractivity contribution in [1.82, 2.24) is 0 Å². The summed E-state index contributed by atoms with van der Waals surface area (Å²) in [6.07, 6.45) is 4.83. The van der Waals surface area contributed by atoms with Gasteiger partial charge in [0.05, 0.1) is 5.60 Å². The number of hydrogen-bond acceptors (Lipinski definition) is 3. The fourth-order valence-corrected chi connectivity index (χ4v) is 3.45. The molecule has 2 N–H and O–H groups in total. The van der Waals surface area contributed by atoms with Gasteiger partial charge in [-0.15, -0.1) is 0 Å². The summed E-state index contributed by atoms with van der Waals surface area (Å²) in [7, 11) is 0. The maximum absolute atomic E-state index is 14.9. The highest BCUT2D eigenvalue weighted by Crippen LogP contribution is 2.43. The number of rotatable bonds is 4. The van der Waals surface area contributed by atoms with Gasteiger partial charge in [0.2, 0.25) is 0 Å². The van der Waals surface area contributed by atoms with Crippen molar-refractivity contribution >= 4 is 0 Å². The van der Waals surface area contributed by atoms with Crippen molar-refractivity contribution in [2.75, 3.05) is 26.4 Å². The standard InChI is InChI=1S/C14H26FNO2/c1-2-4-14(15,11-16)12-3-7-18-13(10-12)5-8-17-9-6-13/h12H,2-11,16H2,1H3. The molecule has 2 aliphatic rings. The Morgan fingerprint density at radius 1 is 1.33 bits per heavy atom. The van der Waals surface area contributed by atoms with Crippen molar-refractivity contribution in [2.45, 2.75) is 56.7 Å². The van der Waals surface area contributed by atoms with Gasteiger partial charge < -0.3 is 15.2 Å². The first kappa shape index (κ1) is 14.2. The molecule has 0 aromatic heterocycles. The van der Waals surface area contributed by atoms with Crippen LogP contribution < -0.4 is 5.73 Å². The fraction of sp³-hybridized carbons (Fsp3) is 1.00. The molecule has 0 aliphatic carbocycles. The Morgan fingerprint density at radius 3 is 2.67 bits per heavy atom. The van der Waals surface area contributed by atoms with Crippen LogP contribution in [0.5, 0.6) is 0 Å². The van der Waals surface area contributed by atoms with E-state index >= 15 is 0 Å². The fourth-order valence-electron chi connectivity index (χ4n) is 3.45. The Balaban J connectivity index is 2.04. The molecule has 0 amide bonds. The number of halogens is 1. The molecule has 0 aromatic carbocycles. The monoisotopic (exact) mass is 259 g/mol. The van der Waals surface area contributed by atoms with Crippen molar-refractivity contribution in [1.29, 1.82) is 0 Å². The molecule has 2 unspecified atom stereocenters. The molecular weight excluding hydrogens is 233 g/mol. The van der Waals surface area contributed by atoms with Crippen LogP contribution in [0, 0.1) is 5.92 Å². The molecule has 0 bridgehead atoms. The lowest BCUT2D eigenvalue weighted by Gasteiger charge is -2.47. The first-order valence-electron chi connectivity index (χ1n) is 7.25. The molecule has 1 spiro atoms. The van der Waals surface area contributed by atoms with E-state index in [1.165, 1.54) is 0 Å². The van der Waals surface area contributed by atoms with E-state index < -0.39 is 5.67 Å². The summed E-state index contributed by atoms with van der Waals surface area (Å²) in [6.45, 7) is 4.30. The van der Waals surface area contributed by atoms with Crippen LogP contribution in [0.4, 0.5) is 4.39 Å². The lowest BCUT2D eigenvalue weighted by Crippen LogP contribution is -2.51. The van der Waals surface area contributed by atoms with Crippen LogP contribution in [0.25, 0.3) is 0 Å². The van der Waals surface area contributed by atoms with E-state index in [9.17, 15) is 4.39 Å². The largest absolute Gasteiger partial charge is 0.381 e. The zero-order chi connectivity index (χ0) is 13.1. The Hall–Kier alpha value is -0.190. The highest BCUT2D eigenvalue weighted by molar-refractivity contribution is 4.97. The highest BCUT2D eigenvalue weighted by Gasteiger charge is 2.46. The number of hydrogen-bond donors (Lipinski definition) is 1. The second-order valence-electron chi connectivity index (χ2n) is 5.82. The lowest BCUT2D eigenvalue weighted by molar-refractivity contribution is -0.164. The van der Waals surface area contributed by atoms with Crippen LogP contribution in [0.2, 0.25) is 0 Å². The third-order valence-corrected chi connectivity index (χ3v) is 4.63. The van der Waals surface area contributed by atoms with Crippen LogP contribution in [-0.2, 0) is 9.47 Å². The lowest BCUT2D eigenvalue weighted by atomic mass is 9.72. The molecule has 2 aliphatic heterocycles. The molecule has 2 fully saturated rings. The van der Waals surface area contributed by atoms with Gasteiger partial charge in [0, 0.05) is 26.4 Å². The van der Waals surface area contributed by atoms with Crippen LogP contribution in [0.15, 0.2) is 0 Å². The third kappa shape index (κ3) is 2.86. The van der Waals surface area contributed by atoms with Crippen molar-refractivity contribution in [2.24, 2.45) is 11.7 Å². The van der Waals surface area contributed by atoms with Gasteiger partial charge in [-0.25, -0.2) is 4.39 Å². The average molecular weight is 259 g/mol. The van der Waals surface area contributed by atoms with Gasteiger partial charge >= 0.3 is 0 Å². The molecule has 0 aromatic rings. The SMILES string of the molecule is CCCC(F)(CN)C1CCOC2(CCOCC2)C1. The molecule has 0 radical (unpaired) electrons. The molecule has 4 heteroatoms. The van der Waals surface area contributed by atoms with E-state index in [-0.39, 0.29) is 18.1 Å². The predicted octanol–water partition coefficient (Wildman–Crippen LogP) is 2.43. The second kappa shape index (κ2) is 5.85. The zero-order valence-corrected chi connectivity index (χ0v) is 11.4. The van der Waals surface area contributed by atoms with Gasteiger partial charge in [-0.3, -0.25) is 0 Å². The molecule has 2 atom stereocenters. The quantitative estimate of drug-likeness (QED) is 0.843. The summed E-state index contributed by atoms with van der Waals surface area (Å²) < 4.78 is 26.3. The summed E-state index contributed by atoms with van der Waals surface area (Å²) in [5.41, 5.74) is 4.36. The van der Waals surface area contributed by atoms with E-state index in [0.29, 0.717) is 13.0 Å². The molecule has 2 saturated heterocycles. The smallest absolute Gasteiger partial charge is 0.126 e. The van der Waals surface area contributed by atoms with Gasteiger partial charge in [-0.2, -0.15) is 0 Å². The maximum Gasteiger partial charge on any atom is 0.126 e. The van der Waals surface area contributed by atoms with Crippen molar-refractivity contribution in [3.63, 3.8) is 0 Å². The van der Waals surface area contributed by atoms with Crippen LogP contribution >= 0.6 is 0 Å². The van der Waals surface area contributed by atoms with E-state index in [1.807, 2.05) is 6.92 Å². The molecule has 18 heavy (non-hydrogen) atoms. The van der Waals surface area contributed by atoms with Crippen LogP contribution in [0.3, 0.4) is 0 Å². The molecular formula is C14H26FNO2. The molecule has 0 saturated carbocycles. The van der Waals surface area contributed by atoms with Gasteiger partial charge in [0.15, 0.2) is 0 Å². The van der Waals surface area contributed by atoms with Gasteiger partial charge in [0.25, 0.3) is 0 Å². The van der Waals surface area contributed by atoms with E-state index in [2.05, 4.69) is 0 Å².